The Balaban J connectivity index is 1.59. The molecule has 0 spiro atoms. The predicted octanol–water partition coefficient (Wildman–Crippen LogP) is 3.32. The van der Waals surface area contributed by atoms with Crippen molar-refractivity contribution in [3.8, 4) is 0 Å². The minimum Gasteiger partial charge on any atom is -0.463 e. The standard InChI is InChI=1S/C23H34O5/c1-13(25)28-15-8-9-22(2)14(10-15)4-5-16-17-6-7-18(20(27)12-24)23(17,3)11-19(26)21(16)22/h14-18,21,24H,4-12H2,1-3H3. The third-order valence-corrected chi connectivity index (χ3v) is 9.18. The summed E-state index contributed by atoms with van der Waals surface area (Å²) < 4.78 is 5.50. The van der Waals surface area contributed by atoms with Gasteiger partial charge in [-0.05, 0) is 73.5 Å². The summed E-state index contributed by atoms with van der Waals surface area (Å²) in [6.07, 6.45) is 7.04. The fourth-order valence-electron chi connectivity index (χ4n) is 8.01. The molecule has 0 aliphatic heterocycles. The van der Waals surface area contributed by atoms with Gasteiger partial charge in [0.05, 0.1) is 0 Å². The van der Waals surface area contributed by atoms with Crippen LogP contribution in [0.4, 0.5) is 0 Å². The monoisotopic (exact) mass is 390 g/mol. The maximum absolute atomic E-state index is 13.5. The smallest absolute Gasteiger partial charge is 0.302 e. The number of carbonyl (C=O) groups excluding carboxylic acids is 3. The lowest BCUT2D eigenvalue weighted by atomic mass is 9.44. The van der Waals surface area contributed by atoms with E-state index in [1.165, 1.54) is 6.92 Å². The maximum atomic E-state index is 13.5. The number of aliphatic hydroxyl groups is 1. The molecule has 0 radical (unpaired) electrons. The first kappa shape index (κ1) is 20.1. The highest BCUT2D eigenvalue weighted by atomic mass is 16.5. The second kappa shape index (κ2) is 6.93. The molecule has 4 aliphatic carbocycles. The molecule has 0 aromatic carbocycles. The third-order valence-electron chi connectivity index (χ3n) is 9.18. The van der Waals surface area contributed by atoms with E-state index < -0.39 is 6.61 Å². The number of fused-ring (bicyclic) bond motifs is 5. The number of hydrogen-bond acceptors (Lipinski definition) is 5. The lowest BCUT2D eigenvalue weighted by molar-refractivity contribution is -0.169. The van der Waals surface area contributed by atoms with E-state index in [0.717, 1.165) is 44.9 Å². The third kappa shape index (κ3) is 2.88. The molecule has 8 unspecified atom stereocenters. The lowest BCUT2D eigenvalue weighted by Gasteiger charge is -2.59. The summed E-state index contributed by atoms with van der Waals surface area (Å²) in [7, 11) is 0. The minimum atomic E-state index is -0.410. The molecule has 0 aromatic heterocycles. The van der Waals surface area contributed by atoms with Gasteiger partial charge in [-0.1, -0.05) is 13.8 Å². The number of carbonyl (C=O) groups is 3. The van der Waals surface area contributed by atoms with Gasteiger partial charge in [0.15, 0.2) is 5.78 Å². The molecule has 156 valence electrons. The highest BCUT2D eigenvalue weighted by Gasteiger charge is 2.64. The van der Waals surface area contributed by atoms with Crippen LogP contribution in [0.2, 0.25) is 0 Å². The first-order chi connectivity index (χ1) is 13.2. The maximum Gasteiger partial charge on any atom is 0.302 e. The summed E-state index contributed by atoms with van der Waals surface area (Å²) in [6, 6.07) is 0. The zero-order valence-corrected chi connectivity index (χ0v) is 17.4. The number of ketones is 2. The van der Waals surface area contributed by atoms with Crippen LogP contribution >= 0.6 is 0 Å². The molecule has 4 fully saturated rings. The van der Waals surface area contributed by atoms with Crippen LogP contribution in [-0.4, -0.2) is 35.4 Å². The van der Waals surface area contributed by atoms with Crippen LogP contribution in [0.5, 0.6) is 0 Å². The zero-order valence-electron chi connectivity index (χ0n) is 17.4. The van der Waals surface area contributed by atoms with Crippen molar-refractivity contribution >= 4 is 17.5 Å². The van der Waals surface area contributed by atoms with Gasteiger partial charge in [-0.3, -0.25) is 14.4 Å². The number of Topliss-reactive ketones (excluding diaryl/α,β-unsaturated/α-hetero) is 2. The van der Waals surface area contributed by atoms with Crippen molar-refractivity contribution in [3.63, 3.8) is 0 Å². The molecule has 0 saturated heterocycles. The molecule has 5 nitrogen and oxygen atoms in total. The first-order valence-corrected chi connectivity index (χ1v) is 11.0. The Bertz CT molecular complexity index is 686. The van der Waals surface area contributed by atoms with E-state index in [1.807, 2.05) is 0 Å². The van der Waals surface area contributed by atoms with Crippen LogP contribution in [0.1, 0.15) is 72.1 Å². The molecular weight excluding hydrogens is 356 g/mol. The zero-order chi connectivity index (χ0) is 20.3. The average molecular weight is 391 g/mol. The molecule has 28 heavy (non-hydrogen) atoms. The van der Waals surface area contributed by atoms with Crippen molar-refractivity contribution in [2.24, 2.45) is 40.4 Å². The topological polar surface area (TPSA) is 80.7 Å². The van der Waals surface area contributed by atoms with Crippen LogP contribution in [0, 0.1) is 40.4 Å². The van der Waals surface area contributed by atoms with Gasteiger partial charge in [0, 0.05) is 25.2 Å². The molecule has 4 aliphatic rings. The molecule has 4 rings (SSSR count). The fourth-order valence-corrected chi connectivity index (χ4v) is 8.01. The van der Waals surface area contributed by atoms with Crippen LogP contribution < -0.4 is 0 Å². The average Bonchev–Trinajstić information content (AvgIpc) is 2.97. The summed E-state index contributed by atoms with van der Waals surface area (Å²) in [4.78, 5) is 37.2. The van der Waals surface area contributed by atoms with Gasteiger partial charge in [0.1, 0.15) is 18.5 Å². The van der Waals surface area contributed by atoms with Crippen LogP contribution in [0.25, 0.3) is 0 Å². The summed E-state index contributed by atoms with van der Waals surface area (Å²) >= 11 is 0. The van der Waals surface area contributed by atoms with Gasteiger partial charge in [0.2, 0.25) is 0 Å². The molecule has 1 N–H and O–H groups in total. The minimum absolute atomic E-state index is 0.00544. The van der Waals surface area contributed by atoms with Crippen molar-refractivity contribution in [1.82, 2.24) is 0 Å². The number of ether oxygens (including phenoxy) is 1. The van der Waals surface area contributed by atoms with Crippen molar-refractivity contribution in [2.45, 2.75) is 78.2 Å². The molecule has 0 bridgehead atoms. The van der Waals surface area contributed by atoms with Gasteiger partial charge >= 0.3 is 5.97 Å². The molecular formula is C23H34O5. The van der Waals surface area contributed by atoms with E-state index in [4.69, 9.17) is 4.74 Å². The van der Waals surface area contributed by atoms with E-state index in [1.54, 1.807) is 0 Å². The molecule has 4 saturated carbocycles. The molecule has 0 aromatic rings. The van der Waals surface area contributed by atoms with E-state index in [2.05, 4.69) is 13.8 Å². The number of rotatable bonds is 3. The fraction of sp³-hybridized carbons (Fsp3) is 0.870. The summed E-state index contributed by atoms with van der Waals surface area (Å²) in [5.41, 5.74) is -0.298. The Labute approximate surface area is 167 Å². The van der Waals surface area contributed by atoms with Crippen LogP contribution in [-0.2, 0) is 19.1 Å². The van der Waals surface area contributed by atoms with Crippen molar-refractivity contribution in [2.75, 3.05) is 6.61 Å². The van der Waals surface area contributed by atoms with Gasteiger partial charge in [-0.15, -0.1) is 0 Å². The van der Waals surface area contributed by atoms with Gasteiger partial charge in [-0.25, -0.2) is 0 Å². The Morgan fingerprint density at radius 1 is 1.11 bits per heavy atom. The van der Waals surface area contributed by atoms with Crippen molar-refractivity contribution < 1.29 is 24.2 Å². The largest absolute Gasteiger partial charge is 0.463 e. The molecule has 0 heterocycles. The highest BCUT2D eigenvalue weighted by Crippen LogP contribution is 2.66. The first-order valence-electron chi connectivity index (χ1n) is 11.0. The second-order valence-electron chi connectivity index (χ2n) is 10.4. The molecule has 0 amide bonds. The van der Waals surface area contributed by atoms with E-state index in [-0.39, 0.29) is 40.5 Å². The molecule has 5 heteroatoms. The normalized spacial score (nSPS) is 47.6. The quantitative estimate of drug-likeness (QED) is 0.748. The van der Waals surface area contributed by atoms with E-state index in [0.29, 0.717) is 30.0 Å². The Kier molecular flexibility index (Phi) is 4.96. The van der Waals surface area contributed by atoms with Crippen LogP contribution in [0.3, 0.4) is 0 Å². The summed E-state index contributed by atoms with van der Waals surface area (Å²) in [6.45, 7) is 5.49. The van der Waals surface area contributed by atoms with Gasteiger partial charge in [-0.2, -0.15) is 0 Å². The number of hydrogen-bond donors (Lipinski definition) is 1. The van der Waals surface area contributed by atoms with E-state index >= 15 is 0 Å². The van der Waals surface area contributed by atoms with Gasteiger partial charge < -0.3 is 9.84 Å². The van der Waals surface area contributed by atoms with Crippen molar-refractivity contribution in [3.05, 3.63) is 0 Å². The summed E-state index contributed by atoms with van der Waals surface area (Å²) in [5, 5.41) is 9.41. The Hall–Kier alpha value is -1.23. The predicted molar refractivity (Wildman–Crippen MR) is 103 cm³/mol. The number of aliphatic hydroxyl groups excluding tert-OH is 1. The summed E-state index contributed by atoms with van der Waals surface area (Å²) in [5.74, 6) is 1.13. The van der Waals surface area contributed by atoms with Gasteiger partial charge in [0.25, 0.3) is 0 Å². The SMILES string of the molecule is CC(=O)OC1CCC2(C)C(CCC3C4CCC(C(=O)CO)C4(C)CC(=O)C32)C1. The lowest BCUT2D eigenvalue weighted by Crippen LogP contribution is -2.58. The van der Waals surface area contributed by atoms with E-state index in [9.17, 15) is 19.5 Å². The Morgan fingerprint density at radius 2 is 1.86 bits per heavy atom. The number of esters is 1. The highest BCUT2D eigenvalue weighted by molar-refractivity contribution is 5.88. The van der Waals surface area contributed by atoms with Crippen molar-refractivity contribution in [1.29, 1.82) is 0 Å². The van der Waals surface area contributed by atoms with Crippen LogP contribution in [0.15, 0.2) is 0 Å². The molecule has 8 atom stereocenters. The Morgan fingerprint density at radius 3 is 2.54 bits per heavy atom. The second-order valence-corrected chi connectivity index (χ2v) is 10.4.